The Morgan fingerprint density at radius 3 is 2.77 bits per heavy atom. The quantitative estimate of drug-likeness (QED) is 0.573. The zero-order valence-corrected chi connectivity index (χ0v) is 16.6. The summed E-state index contributed by atoms with van der Waals surface area (Å²) in [5, 5.41) is 4.14. The number of anilines is 2. The van der Waals surface area contributed by atoms with Gasteiger partial charge in [-0.3, -0.25) is 0 Å². The van der Waals surface area contributed by atoms with Crippen LogP contribution in [0.2, 0.25) is 0 Å². The van der Waals surface area contributed by atoms with Crippen molar-refractivity contribution in [3.05, 3.63) is 57.8 Å². The molecule has 0 amide bonds. The number of aryl methyl sites for hydroxylation is 2. The first-order chi connectivity index (χ1) is 12.5. The molecule has 6 heteroatoms. The molecule has 2 heterocycles. The molecule has 0 spiro atoms. The van der Waals surface area contributed by atoms with Crippen molar-refractivity contribution in [2.45, 2.75) is 27.2 Å². The molecule has 134 valence electrons. The lowest BCUT2D eigenvalue weighted by Gasteiger charge is -2.15. The lowest BCUT2D eigenvalue weighted by molar-refractivity contribution is 0.0506. The zero-order valence-electron chi connectivity index (χ0n) is 15.0. The van der Waals surface area contributed by atoms with Crippen molar-refractivity contribution in [1.29, 1.82) is 0 Å². The number of nitrogens with zero attached hydrogens (tertiary/aromatic N) is 2. The van der Waals surface area contributed by atoms with Crippen molar-refractivity contribution in [1.82, 2.24) is 9.97 Å². The molecule has 5 nitrogen and oxygen atoms in total. The first-order valence-corrected chi connectivity index (χ1v) is 9.25. The van der Waals surface area contributed by atoms with Gasteiger partial charge in [-0.25, -0.2) is 14.8 Å². The van der Waals surface area contributed by atoms with Crippen LogP contribution in [0, 0.1) is 13.8 Å². The number of hydrogen-bond acceptors (Lipinski definition) is 5. The summed E-state index contributed by atoms with van der Waals surface area (Å²) in [5.41, 5.74) is 4.49. The molecule has 0 saturated heterocycles. The van der Waals surface area contributed by atoms with E-state index >= 15 is 0 Å². The number of rotatable bonds is 5. The van der Waals surface area contributed by atoms with Crippen LogP contribution in [0.4, 0.5) is 11.4 Å². The first kappa shape index (κ1) is 18.3. The van der Waals surface area contributed by atoms with E-state index in [1.54, 1.807) is 0 Å². The van der Waals surface area contributed by atoms with Gasteiger partial charge < -0.3 is 10.1 Å². The number of pyridine rings is 2. The number of fused-ring (bicyclic) bond motifs is 1. The fraction of sp³-hybridized carbons (Fsp3) is 0.250. The van der Waals surface area contributed by atoms with E-state index in [9.17, 15) is 4.79 Å². The van der Waals surface area contributed by atoms with Crippen LogP contribution in [-0.2, 0) is 4.74 Å². The van der Waals surface area contributed by atoms with Gasteiger partial charge in [0.2, 0.25) is 0 Å². The second-order valence-electron chi connectivity index (χ2n) is 6.10. The topological polar surface area (TPSA) is 64.1 Å². The van der Waals surface area contributed by atoms with Crippen molar-refractivity contribution in [2.75, 3.05) is 11.9 Å². The molecule has 0 fully saturated rings. The number of benzene rings is 1. The summed E-state index contributed by atoms with van der Waals surface area (Å²) in [7, 11) is 0. The summed E-state index contributed by atoms with van der Waals surface area (Å²) in [6, 6.07) is 9.77. The standard InChI is InChI=1S/C20H20BrN3O2/c1-4-9-26-20(25)16-11-22-19-15(7-5-13(3)23-19)18(16)24-14-6-8-17(21)12(2)10-14/h5-8,10-11H,4,9H2,1-3H3,(H,22,23,24). The minimum atomic E-state index is -0.391. The van der Waals surface area contributed by atoms with E-state index in [2.05, 4.69) is 31.2 Å². The third-order valence-electron chi connectivity index (χ3n) is 3.95. The van der Waals surface area contributed by atoms with Gasteiger partial charge in [0.25, 0.3) is 0 Å². The Labute approximate surface area is 160 Å². The van der Waals surface area contributed by atoms with Gasteiger partial charge in [-0.2, -0.15) is 0 Å². The Bertz CT molecular complexity index is 973. The van der Waals surface area contributed by atoms with Crippen LogP contribution in [0.1, 0.15) is 35.0 Å². The summed E-state index contributed by atoms with van der Waals surface area (Å²) in [4.78, 5) is 21.3. The predicted molar refractivity (Wildman–Crippen MR) is 107 cm³/mol. The van der Waals surface area contributed by atoms with Crippen molar-refractivity contribution >= 4 is 44.3 Å². The highest BCUT2D eigenvalue weighted by Gasteiger charge is 2.18. The third-order valence-corrected chi connectivity index (χ3v) is 4.84. The number of carbonyl (C=O) groups excluding carboxylic acids is 1. The van der Waals surface area contributed by atoms with Crippen LogP contribution in [0.3, 0.4) is 0 Å². The second kappa shape index (κ2) is 7.83. The SMILES string of the molecule is CCCOC(=O)c1cnc2nc(C)ccc2c1Nc1ccc(Br)c(C)c1. The molecule has 0 aliphatic rings. The smallest absolute Gasteiger partial charge is 0.341 e. The average molecular weight is 414 g/mol. The van der Waals surface area contributed by atoms with Crippen molar-refractivity contribution in [3.63, 3.8) is 0 Å². The van der Waals surface area contributed by atoms with Gasteiger partial charge in [0.05, 0.1) is 12.3 Å². The molecular formula is C20H20BrN3O2. The van der Waals surface area contributed by atoms with Gasteiger partial charge in [0.15, 0.2) is 5.65 Å². The number of carbonyl (C=O) groups is 1. The van der Waals surface area contributed by atoms with Crippen LogP contribution in [-0.4, -0.2) is 22.5 Å². The minimum Gasteiger partial charge on any atom is -0.462 e. The number of esters is 1. The molecule has 1 aromatic carbocycles. The van der Waals surface area contributed by atoms with E-state index < -0.39 is 5.97 Å². The molecule has 2 aromatic heterocycles. The molecular weight excluding hydrogens is 394 g/mol. The van der Waals surface area contributed by atoms with E-state index in [1.807, 2.05) is 51.1 Å². The van der Waals surface area contributed by atoms with Gasteiger partial charge in [-0.1, -0.05) is 22.9 Å². The van der Waals surface area contributed by atoms with Crippen molar-refractivity contribution in [2.24, 2.45) is 0 Å². The molecule has 3 aromatic rings. The van der Waals surface area contributed by atoms with Crippen LogP contribution < -0.4 is 5.32 Å². The fourth-order valence-electron chi connectivity index (χ4n) is 2.60. The van der Waals surface area contributed by atoms with Gasteiger partial charge in [0, 0.05) is 27.4 Å². The minimum absolute atomic E-state index is 0.375. The molecule has 0 radical (unpaired) electrons. The summed E-state index contributed by atoms with van der Waals surface area (Å²) in [6.07, 6.45) is 2.29. The Morgan fingerprint density at radius 2 is 2.04 bits per heavy atom. The number of aromatic nitrogens is 2. The summed E-state index contributed by atoms with van der Waals surface area (Å²) >= 11 is 3.51. The fourth-order valence-corrected chi connectivity index (χ4v) is 2.85. The maximum atomic E-state index is 12.5. The normalized spacial score (nSPS) is 10.8. The van der Waals surface area contributed by atoms with Gasteiger partial charge in [-0.05, 0) is 56.2 Å². The summed E-state index contributed by atoms with van der Waals surface area (Å²) in [6.45, 7) is 6.26. The van der Waals surface area contributed by atoms with E-state index in [1.165, 1.54) is 6.20 Å². The maximum absolute atomic E-state index is 12.5. The van der Waals surface area contributed by atoms with Gasteiger partial charge in [0.1, 0.15) is 5.56 Å². The molecule has 1 N–H and O–H groups in total. The lowest BCUT2D eigenvalue weighted by Crippen LogP contribution is -2.10. The molecule has 0 aliphatic heterocycles. The average Bonchev–Trinajstić information content (AvgIpc) is 2.62. The molecule has 0 bridgehead atoms. The monoisotopic (exact) mass is 413 g/mol. The third kappa shape index (κ3) is 3.85. The van der Waals surface area contributed by atoms with Crippen LogP contribution in [0.5, 0.6) is 0 Å². The highest BCUT2D eigenvalue weighted by Crippen LogP contribution is 2.30. The zero-order chi connectivity index (χ0) is 18.7. The van der Waals surface area contributed by atoms with E-state index in [0.717, 1.165) is 33.2 Å². The molecule has 0 aliphatic carbocycles. The van der Waals surface area contributed by atoms with E-state index in [0.29, 0.717) is 23.5 Å². The lowest BCUT2D eigenvalue weighted by atomic mass is 10.1. The summed E-state index contributed by atoms with van der Waals surface area (Å²) < 4.78 is 6.35. The number of nitrogens with one attached hydrogen (secondary N) is 1. The Hall–Kier alpha value is -2.47. The molecule has 26 heavy (non-hydrogen) atoms. The van der Waals surface area contributed by atoms with Gasteiger partial charge >= 0.3 is 5.97 Å². The van der Waals surface area contributed by atoms with E-state index in [-0.39, 0.29) is 0 Å². The van der Waals surface area contributed by atoms with Crippen LogP contribution >= 0.6 is 15.9 Å². The Kier molecular flexibility index (Phi) is 5.52. The Balaban J connectivity index is 2.11. The number of ether oxygens (including phenoxy) is 1. The maximum Gasteiger partial charge on any atom is 0.341 e. The first-order valence-electron chi connectivity index (χ1n) is 8.46. The molecule has 3 rings (SSSR count). The number of hydrogen-bond donors (Lipinski definition) is 1. The number of halogens is 1. The molecule has 0 unspecified atom stereocenters. The molecule has 0 saturated carbocycles. The Morgan fingerprint density at radius 1 is 1.23 bits per heavy atom. The van der Waals surface area contributed by atoms with Crippen molar-refractivity contribution < 1.29 is 9.53 Å². The highest BCUT2D eigenvalue weighted by atomic mass is 79.9. The van der Waals surface area contributed by atoms with Crippen molar-refractivity contribution in [3.8, 4) is 0 Å². The predicted octanol–water partition coefficient (Wildman–Crippen LogP) is 5.32. The van der Waals surface area contributed by atoms with E-state index in [4.69, 9.17) is 4.74 Å². The highest BCUT2D eigenvalue weighted by molar-refractivity contribution is 9.10. The largest absolute Gasteiger partial charge is 0.462 e. The molecule has 0 atom stereocenters. The van der Waals surface area contributed by atoms with Crippen LogP contribution in [0.15, 0.2) is 41.0 Å². The van der Waals surface area contributed by atoms with Gasteiger partial charge in [-0.15, -0.1) is 0 Å². The summed E-state index contributed by atoms with van der Waals surface area (Å²) in [5.74, 6) is -0.391. The van der Waals surface area contributed by atoms with Crippen LogP contribution in [0.25, 0.3) is 11.0 Å². The second-order valence-corrected chi connectivity index (χ2v) is 6.95.